The molecule has 0 aliphatic rings. The van der Waals surface area contributed by atoms with Crippen LogP contribution >= 0.6 is 0 Å². The standard InChI is InChI=1S/C20H15F3N4O2/c1-11-8-12(2-5-15(11)22)20-26-19(29-27-20)7-6-18(28)25-17(10-24)14-4-3-13(21)9-16(14)23/h2-5,8-9,17H,6-7H2,1H3,(H,25,28). The highest BCUT2D eigenvalue weighted by molar-refractivity contribution is 5.77. The fourth-order valence-electron chi connectivity index (χ4n) is 2.63. The number of carbonyl (C=O) groups is 1. The second-order valence-corrected chi connectivity index (χ2v) is 6.27. The molecule has 1 amide bonds. The first-order valence-electron chi connectivity index (χ1n) is 8.60. The predicted molar refractivity (Wildman–Crippen MR) is 95.6 cm³/mol. The molecule has 0 saturated heterocycles. The van der Waals surface area contributed by atoms with Crippen LogP contribution in [-0.4, -0.2) is 16.0 Å². The molecule has 0 saturated carbocycles. The lowest BCUT2D eigenvalue weighted by atomic mass is 10.1. The highest BCUT2D eigenvalue weighted by Gasteiger charge is 2.19. The van der Waals surface area contributed by atoms with Crippen LogP contribution in [0.2, 0.25) is 0 Å². The second kappa shape index (κ2) is 8.56. The summed E-state index contributed by atoms with van der Waals surface area (Å²) in [5.74, 6) is -2.16. The summed E-state index contributed by atoms with van der Waals surface area (Å²) in [6.45, 7) is 1.61. The van der Waals surface area contributed by atoms with Gasteiger partial charge in [-0.15, -0.1) is 0 Å². The van der Waals surface area contributed by atoms with Crippen molar-refractivity contribution in [2.24, 2.45) is 0 Å². The van der Waals surface area contributed by atoms with Crippen molar-refractivity contribution in [3.63, 3.8) is 0 Å². The summed E-state index contributed by atoms with van der Waals surface area (Å²) in [6, 6.07) is 7.64. The Morgan fingerprint density at radius 1 is 1.21 bits per heavy atom. The van der Waals surface area contributed by atoms with Crippen LogP contribution in [0, 0.1) is 35.7 Å². The van der Waals surface area contributed by atoms with E-state index in [1.807, 2.05) is 0 Å². The summed E-state index contributed by atoms with van der Waals surface area (Å²) in [4.78, 5) is 16.3. The lowest BCUT2D eigenvalue weighted by Crippen LogP contribution is -2.28. The summed E-state index contributed by atoms with van der Waals surface area (Å²) in [6.07, 6.45) is -0.00582. The van der Waals surface area contributed by atoms with Crippen LogP contribution < -0.4 is 5.32 Å². The van der Waals surface area contributed by atoms with E-state index in [0.29, 0.717) is 17.2 Å². The van der Waals surface area contributed by atoms with Gasteiger partial charge in [-0.1, -0.05) is 11.2 Å². The summed E-state index contributed by atoms with van der Waals surface area (Å²) in [7, 11) is 0. The molecule has 0 aliphatic carbocycles. The summed E-state index contributed by atoms with van der Waals surface area (Å²) in [5, 5.41) is 15.4. The number of amides is 1. The van der Waals surface area contributed by atoms with Crippen LogP contribution in [-0.2, 0) is 11.2 Å². The fourth-order valence-corrected chi connectivity index (χ4v) is 2.63. The van der Waals surface area contributed by atoms with Gasteiger partial charge >= 0.3 is 0 Å². The molecular formula is C20H15F3N4O2. The molecular weight excluding hydrogens is 385 g/mol. The minimum absolute atomic E-state index is 0.0864. The molecule has 6 nitrogen and oxygen atoms in total. The van der Waals surface area contributed by atoms with Crippen molar-refractivity contribution >= 4 is 5.91 Å². The zero-order valence-corrected chi connectivity index (χ0v) is 15.2. The summed E-state index contributed by atoms with van der Waals surface area (Å²) < 4.78 is 45.2. The van der Waals surface area contributed by atoms with Crippen LogP contribution in [0.5, 0.6) is 0 Å². The Kier molecular flexibility index (Phi) is 5.93. The Morgan fingerprint density at radius 3 is 2.69 bits per heavy atom. The molecule has 0 bridgehead atoms. The van der Waals surface area contributed by atoms with Gasteiger partial charge in [0.1, 0.15) is 23.5 Å². The summed E-state index contributed by atoms with van der Waals surface area (Å²) in [5.41, 5.74) is 0.873. The average Bonchev–Trinajstić information content (AvgIpc) is 3.16. The van der Waals surface area contributed by atoms with Gasteiger partial charge in [0.05, 0.1) is 6.07 Å². The van der Waals surface area contributed by atoms with Gasteiger partial charge in [0.2, 0.25) is 17.6 Å². The number of carbonyl (C=O) groups excluding carboxylic acids is 1. The molecule has 9 heteroatoms. The molecule has 2 aromatic carbocycles. The third kappa shape index (κ3) is 4.79. The van der Waals surface area contributed by atoms with Gasteiger partial charge in [-0.25, -0.2) is 13.2 Å². The van der Waals surface area contributed by atoms with E-state index in [1.165, 1.54) is 12.1 Å². The number of hydrogen-bond donors (Lipinski definition) is 1. The number of halogens is 3. The van der Waals surface area contributed by atoms with Gasteiger partial charge in [-0.05, 0) is 36.8 Å². The molecule has 1 heterocycles. The smallest absolute Gasteiger partial charge is 0.227 e. The van der Waals surface area contributed by atoms with Gasteiger partial charge in [0.25, 0.3) is 0 Å². The first-order valence-corrected chi connectivity index (χ1v) is 8.60. The highest BCUT2D eigenvalue weighted by atomic mass is 19.1. The molecule has 0 fully saturated rings. The Labute approximate surface area is 164 Å². The molecule has 1 N–H and O–H groups in total. The van der Waals surface area contributed by atoms with Crippen molar-refractivity contribution in [1.82, 2.24) is 15.5 Å². The maximum Gasteiger partial charge on any atom is 0.227 e. The van der Waals surface area contributed by atoms with E-state index in [9.17, 15) is 23.2 Å². The molecule has 29 heavy (non-hydrogen) atoms. The minimum atomic E-state index is -1.26. The maximum atomic E-state index is 13.8. The zero-order valence-electron chi connectivity index (χ0n) is 15.2. The van der Waals surface area contributed by atoms with Crippen molar-refractivity contribution in [2.45, 2.75) is 25.8 Å². The molecule has 148 valence electrons. The Morgan fingerprint density at radius 2 is 2.00 bits per heavy atom. The van der Waals surface area contributed by atoms with Crippen LogP contribution in [0.1, 0.15) is 29.5 Å². The van der Waals surface area contributed by atoms with Crippen LogP contribution in [0.15, 0.2) is 40.9 Å². The van der Waals surface area contributed by atoms with Crippen LogP contribution in [0.25, 0.3) is 11.4 Å². The Hall–Kier alpha value is -3.67. The third-order valence-corrected chi connectivity index (χ3v) is 4.16. The number of aromatic nitrogens is 2. The SMILES string of the molecule is Cc1cc(-c2noc(CCC(=O)NC(C#N)c3ccc(F)cc3F)n2)ccc1F. The molecule has 3 rings (SSSR count). The van der Waals surface area contributed by atoms with Crippen molar-refractivity contribution in [2.75, 3.05) is 0 Å². The zero-order chi connectivity index (χ0) is 21.0. The van der Waals surface area contributed by atoms with Crippen molar-refractivity contribution < 1.29 is 22.5 Å². The lowest BCUT2D eigenvalue weighted by Gasteiger charge is -2.12. The number of nitrogens with zero attached hydrogens (tertiary/aromatic N) is 3. The number of nitrogens with one attached hydrogen (secondary N) is 1. The second-order valence-electron chi connectivity index (χ2n) is 6.27. The topological polar surface area (TPSA) is 91.8 Å². The predicted octanol–water partition coefficient (Wildman–Crippen LogP) is 3.78. The summed E-state index contributed by atoms with van der Waals surface area (Å²) >= 11 is 0. The van der Waals surface area contributed by atoms with E-state index in [4.69, 9.17) is 4.52 Å². The number of nitriles is 1. The van der Waals surface area contributed by atoms with E-state index in [0.717, 1.165) is 12.1 Å². The minimum Gasteiger partial charge on any atom is -0.339 e. The first kappa shape index (κ1) is 20.1. The molecule has 1 atom stereocenters. The number of hydrogen-bond acceptors (Lipinski definition) is 5. The molecule has 3 aromatic rings. The van der Waals surface area contributed by atoms with E-state index < -0.39 is 23.6 Å². The van der Waals surface area contributed by atoms with Gasteiger partial charge in [-0.3, -0.25) is 4.79 Å². The number of aryl methyl sites for hydroxylation is 2. The third-order valence-electron chi connectivity index (χ3n) is 4.16. The molecule has 0 radical (unpaired) electrons. The van der Waals surface area contributed by atoms with E-state index in [-0.39, 0.29) is 35.9 Å². The molecule has 1 aromatic heterocycles. The van der Waals surface area contributed by atoms with Crippen molar-refractivity contribution in [3.05, 3.63) is 70.9 Å². The fraction of sp³-hybridized carbons (Fsp3) is 0.200. The lowest BCUT2D eigenvalue weighted by molar-refractivity contribution is -0.121. The largest absolute Gasteiger partial charge is 0.339 e. The Balaban J connectivity index is 1.61. The molecule has 0 spiro atoms. The van der Waals surface area contributed by atoms with E-state index >= 15 is 0 Å². The van der Waals surface area contributed by atoms with Gasteiger partial charge in [0, 0.05) is 30.0 Å². The van der Waals surface area contributed by atoms with Gasteiger partial charge in [-0.2, -0.15) is 10.2 Å². The van der Waals surface area contributed by atoms with E-state index in [1.54, 1.807) is 19.1 Å². The number of rotatable bonds is 6. The van der Waals surface area contributed by atoms with Gasteiger partial charge < -0.3 is 9.84 Å². The van der Waals surface area contributed by atoms with Crippen molar-refractivity contribution in [3.8, 4) is 17.5 Å². The monoisotopic (exact) mass is 400 g/mol. The van der Waals surface area contributed by atoms with E-state index in [2.05, 4.69) is 15.5 Å². The quantitative estimate of drug-likeness (QED) is 0.680. The molecule has 1 unspecified atom stereocenters. The first-order chi connectivity index (χ1) is 13.9. The average molecular weight is 400 g/mol. The maximum absolute atomic E-state index is 13.8. The normalized spacial score (nSPS) is 11.7. The Bertz CT molecular complexity index is 1090. The number of benzene rings is 2. The molecule has 0 aliphatic heterocycles. The highest BCUT2D eigenvalue weighted by Crippen LogP contribution is 2.20. The van der Waals surface area contributed by atoms with Crippen LogP contribution in [0.4, 0.5) is 13.2 Å². The van der Waals surface area contributed by atoms with Gasteiger partial charge in [0.15, 0.2) is 0 Å². The van der Waals surface area contributed by atoms with Crippen LogP contribution in [0.3, 0.4) is 0 Å². The van der Waals surface area contributed by atoms with Crippen molar-refractivity contribution in [1.29, 1.82) is 5.26 Å².